The molecule has 2 aromatic rings. The minimum absolute atomic E-state index is 0.250. The van der Waals surface area contributed by atoms with Crippen LogP contribution in [-0.4, -0.2) is 41.2 Å². The molecule has 0 radical (unpaired) electrons. The van der Waals surface area contributed by atoms with Crippen LogP contribution in [0.4, 0.5) is 0 Å². The molecule has 1 aromatic heterocycles. The number of hydrogen-bond acceptors (Lipinski definition) is 5. The van der Waals surface area contributed by atoms with E-state index in [1.54, 1.807) is 18.4 Å². The van der Waals surface area contributed by atoms with E-state index >= 15 is 0 Å². The number of likely N-dealkylation sites (tertiary alicyclic amines) is 1. The number of rotatable bonds is 5. The van der Waals surface area contributed by atoms with Gasteiger partial charge >= 0.3 is 5.97 Å². The first-order valence-electron chi connectivity index (χ1n) is 7.69. The van der Waals surface area contributed by atoms with Crippen molar-refractivity contribution in [1.82, 2.24) is 9.88 Å². The highest BCUT2D eigenvalue weighted by atomic mass is 32.1. The molecule has 23 heavy (non-hydrogen) atoms. The number of carboxylic acids is 1. The molecule has 1 unspecified atom stereocenters. The quantitative estimate of drug-likeness (QED) is 0.911. The summed E-state index contributed by atoms with van der Waals surface area (Å²) in [5, 5.41) is 12.2. The highest BCUT2D eigenvalue weighted by Crippen LogP contribution is 2.28. The third kappa shape index (κ3) is 3.89. The number of piperidine rings is 1. The van der Waals surface area contributed by atoms with Gasteiger partial charge < -0.3 is 9.84 Å². The molecule has 2 heterocycles. The molecule has 0 amide bonds. The van der Waals surface area contributed by atoms with Crippen LogP contribution in [0.5, 0.6) is 5.75 Å². The summed E-state index contributed by atoms with van der Waals surface area (Å²) >= 11 is 1.61. The highest BCUT2D eigenvalue weighted by molar-refractivity contribution is 7.13. The Kier molecular flexibility index (Phi) is 4.93. The van der Waals surface area contributed by atoms with Crippen molar-refractivity contribution in [2.24, 2.45) is 5.92 Å². The average molecular weight is 332 g/mol. The summed E-state index contributed by atoms with van der Waals surface area (Å²) in [4.78, 5) is 18.0. The lowest BCUT2D eigenvalue weighted by Crippen LogP contribution is -2.38. The molecule has 0 bridgehead atoms. The van der Waals surface area contributed by atoms with Gasteiger partial charge in [0.05, 0.1) is 18.7 Å². The van der Waals surface area contributed by atoms with Gasteiger partial charge in [0, 0.05) is 24.0 Å². The van der Waals surface area contributed by atoms with Crippen LogP contribution in [0, 0.1) is 5.92 Å². The first-order chi connectivity index (χ1) is 11.2. The summed E-state index contributed by atoms with van der Waals surface area (Å²) in [7, 11) is 1.65. The van der Waals surface area contributed by atoms with Crippen LogP contribution in [0.2, 0.25) is 0 Å². The number of aliphatic carboxylic acids is 1. The van der Waals surface area contributed by atoms with E-state index in [2.05, 4.69) is 10.3 Å². The van der Waals surface area contributed by atoms with Crippen LogP contribution in [0.25, 0.3) is 10.6 Å². The molecule has 1 N–H and O–H groups in total. The van der Waals surface area contributed by atoms with E-state index in [0.29, 0.717) is 13.1 Å². The molecule has 6 heteroatoms. The summed E-state index contributed by atoms with van der Waals surface area (Å²) in [6, 6.07) is 7.87. The van der Waals surface area contributed by atoms with Crippen molar-refractivity contribution in [1.29, 1.82) is 0 Å². The van der Waals surface area contributed by atoms with Crippen LogP contribution in [0.15, 0.2) is 29.6 Å². The van der Waals surface area contributed by atoms with Crippen LogP contribution in [0.3, 0.4) is 0 Å². The van der Waals surface area contributed by atoms with Crippen molar-refractivity contribution in [2.45, 2.75) is 19.4 Å². The zero-order valence-electron chi connectivity index (χ0n) is 13.1. The van der Waals surface area contributed by atoms with Crippen molar-refractivity contribution >= 4 is 17.3 Å². The number of ether oxygens (including phenoxy) is 1. The fourth-order valence-electron chi connectivity index (χ4n) is 2.90. The summed E-state index contributed by atoms with van der Waals surface area (Å²) in [6.45, 7) is 2.27. The van der Waals surface area contributed by atoms with E-state index in [-0.39, 0.29) is 5.92 Å². The Morgan fingerprint density at radius 3 is 3.17 bits per heavy atom. The fraction of sp³-hybridized carbons (Fsp3) is 0.412. The van der Waals surface area contributed by atoms with Crippen LogP contribution >= 0.6 is 11.3 Å². The molecule has 122 valence electrons. The van der Waals surface area contributed by atoms with E-state index in [4.69, 9.17) is 9.72 Å². The van der Waals surface area contributed by atoms with Gasteiger partial charge in [-0.15, -0.1) is 11.3 Å². The molecule has 1 aliphatic rings. The van der Waals surface area contributed by atoms with Crippen molar-refractivity contribution in [3.63, 3.8) is 0 Å². The molecule has 0 spiro atoms. The highest BCUT2D eigenvalue weighted by Gasteiger charge is 2.25. The van der Waals surface area contributed by atoms with Crippen LogP contribution < -0.4 is 4.74 Å². The fourth-order valence-corrected chi connectivity index (χ4v) is 3.71. The summed E-state index contributed by atoms with van der Waals surface area (Å²) in [6.07, 6.45) is 1.71. The minimum Gasteiger partial charge on any atom is -0.497 e. The second-order valence-corrected chi connectivity index (χ2v) is 6.65. The third-order valence-corrected chi connectivity index (χ3v) is 5.05. The second-order valence-electron chi connectivity index (χ2n) is 5.79. The number of hydrogen-bond donors (Lipinski definition) is 1. The zero-order chi connectivity index (χ0) is 16.2. The van der Waals surface area contributed by atoms with Gasteiger partial charge in [0.15, 0.2) is 0 Å². The lowest BCUT2D eigenvalue weighted by Gasteiger charge is -2.29. The predicted molar refractivity (Wildman–Crippen MR) is 89.7 cm³/mol. The van der Waals surface area contributed by atoms with E-state index in [9.17, 15) is 9.90 Å². The molecule has 1 aromatic carbocycles. The lowest BCUT2D eigenvalue weighted by molar-refractivity contribution is -0.143. The second kappa shape index (κ2) is 7.10. The SMILES string of the molecule is COc1cccc(-c2nc(CN3CCCC(C(=O)O)C3)cs2)c1. The van der Waals surface area contributed by atoms with E-state index in [1.165, 1.54) is 0 Å². The van der Waals surface area contributed by atoms with E-state index < -0.39 is 5.97 Å². The molecule has 3 rings (SSSR count). The number of nitrogens with zero attached hydrogens (tertiary/aromatic N) is 2. The zero-order valence-corrected chi connectivity index (χ0v) is 13.9. The Balaban J connectivity index is 1.68. The maximum absolute atomic E-state index is 11.1. The van der Waals surface area contributed by atoms with Crippen LogP contribution in [0.1, 0.15) is 18.5 Å². The molecule has 1 atom stereocenters. The monoisotopic (exact) mass is 332 g/mol. The van der Waals surface area contributed by atoms with Gasteiger partial charge in [0.1, 0.15) is 10.8 Å². The predicted octanol–water partition coefficient (Wildman–Crippen LogP) is 3.12. The first kappa shape index (κ1) is 16.0. The molecular formula is C17H20N2O3S. The topological polar surface area (TPSA) is 62.7 Å². The van der Waals surface area contributed by atoms with Crippen LogP contribution in [-0.2, 0) is 11.3 Å². The Bertz CT molecular complexity index is 686. The van der Waals surface area contributed by atoms with Crippen molar-refractivity contribution in [3.8, 4) is 16.3 Å². The molecule has 5 nitrogen and oxygen atoms in total. The molecule has 1 saturated heterocycles. The number of methoxy groups -OCH3 is 1. The number of benzene rings is 1. The maximum Gasteiger partial charge on any atom is 0.307 e. The Morgan fingerprint density at radius 1 is 1.52 bits per heavy atom. The molecule has 1 aliphatic heterocycles. The van der Waals surface area contributed by atoms with Gasteiger partial charge in [0.25, 0.3) is 0 Å². The van der Waals surface area contributed by atoms with Gasteiger partial charge in [-0.05, 0) is 31.5 Å². The number of thiazole rings is 1. The first-order valence-corrected chi connectivity index (χ1v) is 8.57. The normalized spacial score (nSPS) is 18.7. The van der Waals surface area contributed by atoms with Gasteiger partial charge in [-0.2, -0.15) is 0 Å². The summed E-state index contributed by atoms with van der Waals surface area (Å²) in [5.41, 5.74) is 2.04. The molecule has 0 saturated carbocycles. The minimum atomic E-state index is -0.690. The third-order valence-electron chi connectivity index (χ3n) is 4.11. The lowest BCUT2D eigenvalue weighted by atomic mass is 9.98. The van der Waals surface area contributed by atoms with Gasteiger partial charge in [0.2, 0.25) is 0 Å². The summed E-state index contributed by atoms with van der Waals surface area (Å²) in [5.74, 6) is -0.120. The van der Waals surface area contributed by atoms with Gasteiger partial charge in [-0.1, -0.05) is 12.1 Å². The molecule has 0 aliphatic carbocycles. The van der Waals surface area contributed by atoms with Crippen molar-refractivity contribution in [2.75, 3.05) is 20.2 Å². The Morgan fingerprint density at radius 2 is 2.39 bits per heavy atom. The Labute approximate surface area is 139 Å². The van der Waals surface area contributed by atoms with E-state index in [0.717, 1.165) is 41.4 Å². The van der Waals surface area contributed by atoms with Gasteiger partial charge in [-0.3, -0.25) is 9.69 Å². The molecular weight excluding hydrogens is 312 g/mol. The number of aromatic nitrogens is 1. The smallest absolute Gasteiger partial charge is 0.307 e. The van der Waals surface area contributed by atoms with Crippen molar-refractivity contribution in [3.05, 3.63) is 35.3 Å². The van der Waals surface area contributed by atoms with Crippen molar-refractivity contribution < 1.29 is 14.6 Å². The summed E-state index contributed by atoms with van der Waals surface area (Å²) < 4.78 is 5.25. The number of carboxylic acid groups (broad SMARTS) is 1. The largest absolute Gasteiger partial charge is 0.497 e. The maximum atomic E-state index is 11.1. The van der Waals surface area contributed by atoms with E-state index in [1.807, 2.05) is 24.3 Å². The number of carbonyl (C=O) groups is 1. The van der Waals surface area contributed by atoms with Gasteiger partial charge in [-0.25, -0.2) is 4.98 Å². The standard InChI is InChI=1S/C17H20N2O3S/c1-22-15-6-2-4-12(8-15)16-18-14(11-23-16)10-19-7-3-5-13(9-19)17(20)21/h2,4,6,8,11,13H,3,5,7,9-10H2,1H3,(H,20,21). The Hall–Kier alpha value is -1.92. The molecule has 1 fully saturated rings. The average Bonchev–Trinajstić information content (AvgIpc) is 3.03.